The Balaban J connectivity index is 1.27. The Labute approximate surface area is 163 Å². The van der Waals surface area contributed by atoms with Crippen LogP contribution in [0.2, 0.25) is 0 Å². The molecule has 136 valence electrons. The summed E-state index contributed by atoms with van der Waals surface area (Å²) >= 11 is 4.36. The van der Waals surface area contributed by atoms with Gasteiger partial charge in [-0.3, -0.25) is 4.79 Å². The first-order valence-corrected chi connectivity index (χ1v) is 11.6. The van der Waals surface area contributed by atoms with Gasteiger partial charge in [-0.15, -0.1) is 23.5 Å². The Bertz CT molecular complexity index is 807. The van der Waals surface area contributed by atoms with Crippen LogP contribution in [0.1, 0.15) is 31.2 Å². The normalized spacial score (nSPS) is 29.3. The zero-order chi connectivity index (χ0) is 17.6. The lowest BCUT2D eigenvalue weighted by atomic mass is 9.80. The molecular formula is C22H24O2S2. The second-order valence-corrected chi connectivity index (χ2v) is 10.8. The van der Waals surface area contributed by atoms with Gasteiger partial charge in [0.25, 0.3) is 0 Å². The Morgan fingerprint density at radius 2 is 1.69 bits per heavy atom. The maximum atomic E-state index is 12.8. The number of rotatable bonds is 3. The largest absolute Gasteiger partial charge is 0.461 e. The number of benzene rings is 2. The van der Waals surface area contributed by atoms with Crippen LogP contribution < -0.4 is 0 Å². The molecule has 2 aliphatic carbocycles. The Kier molecular flexibility index (Phi) is 4.44. The van der Waals surface area contributed by atoms with Crippen molar-refractivity contribution in [3.8, 4) is 0 Å². The summed E-state index contributed by atoms with van der Waals surface area (Å²) in [5.74, 6) is 4.11. The summed E-state index contributed by atoms with van der Waals surface area (Å²) in [5, 5.41) is 2.39. The molecule has 4 heteroatoms. The number of hydrogen-bond donors (Lipinski definition) is 0. The van der Waals surface area contributed by atoms with Gasteiger partial charge >= 0.3 is 5.97 Å². The molecule has 3 fully saturated rings. The van der Waals surface area contributed by atoms with Crippen molar-refractivity contribution in [1.82, 2.24) is 0 Å². The molecule has 2 bridgehead atoms. The van der Waals surface area contributed by atoms with Crippen molar-refractivity contribution in [3.63, 3.8) is 0 Å². The molecule has 2 unspecified atom stereocenters. The van der Waals surface area contributed by atoms with E-state index in [2.05, 4.69) is 47.8 Å². The average Bonchev–Trinajstić information content (AvgIpc) is 3.21. The molecule has 2 aromatic rings. The Morgan fingerprint density at radius 1 is 1.00 bits per heavy atom. The minimum atomic E-state index is 0.0256. The van der Waals surface area contributed by atoms with E-state index in [1.165, 1.54) is 35.1 Å². The van der Waals surface area contributed by atoms with Crippen molar-refractivity contribution in [2.24, 2.45) is 17.8 Å². The predicted octanol–water partition coefficient (Wildman–Crippen LogP) is 5.50. The molecule has 1 spiro atoms. The van der Waals surface area contributed by atoms with E-state index >= 15 is 0 Å². The number of carbonyl (C=O) groups excluding carboxylic acids is 1. The van der Waals surface area contributed by atoms with Crippen LogP contribution in [0.15, 0.2) is 42.5 Å². The first-order chi connectivity index (χ1) is 12.8. The van der Waals surface area contributed by atoms with Crippen molar-refractivity contribution in [1.29, 1.82) is 0 Å². The summed E-state index contributed by atoms with van der Waals surface area (Å²) in [6.07, 6.45) is 4.67. The van der Waals surface area contributed by atoms with Crippen LogP contribution in [0.4, 0.5) is 0 Å². The highest BCUT2D eigenvalue weighted by Crippen LogP contribution is 2.65. The lowest BCUT2D eigenvalue weighted by molar-refractivity contribution is -0.151. The molecular weight excluding hydrogens is 360 g/mol. The first-order valence-electron chi connectivity index (χ1n) is 9.67. The molecule has 1 aliphatic heterocycles. The number of fused-ring (bicyclic) bond motifs is 1. The number of hydrogen-bond acceptors (Lipinski definition) is 4. The van der Waals surface area contributed by atoms with Crippen molar-refractivity contribution in [3.05, 3.63) is 48.0 Å². The molecule has 0 radical (unpaired) electrons. The van der Waals surface area contributed by atoms with E-state index in [4.69, 9.17) is 4.74 Å². The van der Waals surface area contributed by atoms with Gasteiger partial charge in [0.2, 0.25) is 0 Å². The molecule has 26 heavy (non-hydrogen) atoms. The van der Waals surface area contributed by atoms with Gasteiger partial charge in [0, 0.05) is 11.5 Å². The molecule has 0 N–H and O–H groups in total. The zero-order valence-electron chi connectivity index (χ0n) is 14.9. The monoisotopic (exact) mass is 384 g/mol. The van der Waals surface area contributed by atoms with E-state index in [-0.39, 0.29) is 11.9 Å². The fourth-order valence-electron chi connectivity index (χ4n) is 5.28. The number of carbonyl (C=O) groups is 1. The van der Waals surface area contributed by atoms with Gasteiger partial charge < -0.3 is 4.74 Å². The van der Waals surface area contributed by atoms with Crippen LogP contribution in [0.25, 0.3) is 10.8 Å². The van der Waals surface area contributed by atoms with Crippen molar-refractivity contribution in [2.75, 3.05) is 11.5 Å². The van der Waals surface area contributed by atoms with E-state index in [9.17, 15) is 4.79 Å². The molecule has 1 heterocycles. The van der Waals surface area contributed by atoms with Crippen LogP contribution in [0.5, 0.6) is 0 Å². The van der Waals surface area contributed by atoms with Gasteiger partial charge in [0.1, 0.15) is 6.61 Å². The molecule has 3 aliphatic rings. The van der Waals surface area contributed by atoms with Gasteiger partial charge in [-0.25, -0.2) is 0 Å². The molecule has 2 atom stereocenters. The van der Waals surface area contributed by atoms with Gasteiger partial charge in [0.05, 0.1) is 10.00 Å². The molecule has 5 rings (SSSR count). The highest BCUT2D eigenvalue weighted by atomic mass is 32.2. The van der Waals surface area contributed by atoms with Crippen molar-refractivity contribution < 1.29 is 9.53 Å². The minimum absolute atomic E-state index is 0.0256. The standard InChI is InChI=1S/C22H24O2S2/c23-21(24-14-16-6-3-5-15-4-1-2-7-20(15)16)17-12-18-8-9-19(13-17)22(18)25-10-11-26-22/h1-7,17-19H,8-14H2. The van der Waals surface area contributed by atoms with Crippen molar-refractivity contribution >= 4 is 40.3 Å². The van der Waals surface area contributed by atoms with Gasteiger partial charge in [0.15, 0.2) is 0 Å². The first kappa shape index (κ1) is 17.0. The number of thioether (sulfide) groups is 2. The quantitative estimate of drug-likeness (QED) is 0.653. The zero-order valence-corrected chi connectivity index (χ0v) is 16.5. The molecule has 2 aromatic carbocycles. The van der Waals surface area contributed by atoms with Gasteiger partial charge in [-0.05, 0) is 53.9 Å². The number of ether oxygens (including phenoxy) is 1. The fraction of sp³-hybridized carbons (Fsp3) is 0.500. The van der Waals surface area contributed by atoms with Crippen LogP contribution >= 0.6 is 23.5 Å². The highest BCUT2D eigenvalue weighted by Gasteiger charge is 2.57. The average molecular weight is 385 g/mol. The minimum Gasteiger partial charge on any atom is -0.461 e. The van der Waals surface area contributed by atoms with Crippen LogP contribution in [0.3, 0.4) is 0 Å². The maximum absolute atomic E-state index is 12.8. The van der Waals surface area contributed by atoms with Crippen LogP contribution in [-0.2, 0) is 16.1 Å². The summed E-state index contributed by atoms with van der Waals surface area (Å²) in [6, 6.07) is 14.5. The Hall–Kier alpha value is -1.13. The van der Waals surface area contributed by atoms with E-state index in [1.807, 2.05) is 18.2 Å². The summed E-state index contributed by atoms with van der Waals surface area (Å²) in [5.41, 5.74) is 1.11. The molecule has 2 nitrogen and oxygen atoms in total. The van der Waals surface area contributed by atoms with Crippen LogP contribution in [-0.4, -0.2) is 21.6 Å². The van der Waals surface area contributed by atoms with Crippen LogP contribution in [0, 0.1) is 17.8 Å². The van der Waals surface area contributed by atoms with E-state index < -0.39 is 0 Å². The second kappa shape index (κ2) is 6.79. The summed E-state index contributed by atoms with van der Waals surface area (Å²) in [7, 11) is 0. The second-order valence-electron chi connectivity index (χ2n) is 7.80. The van der Waals surface area contributed by atoms with E-state index in [0.717, 1.165) is 18.4 Å². The summed E-state index contributed by atoms with van der Waals surface area (Å²) in [6.45, 7) is 0.390. The predicted molar refractivity (Wildman–Crippen MR) is 110 cm³/mol. The van der Waals surface area contributed by atoms with E-state index in [1.54, 1.807) is 0 Å². The Morgan fingerprint density at radius 3 is 2.46 bits per heavy atom. The molecule has 0 amide bonds. The molecule has 0 aromatic heterocycles. The highest BCUT2D eigenvalue weighted by molar-refractivity contribution is 8.21. The van der Waals surface area contributed by atoms with Gasteiger partial charge in [-0.1, -0.05) is 42.5 Å². The lowest BCUT2D eigenvalue weighted by Crippen LogP contribution is -2.40. The maximum Gasteiger partial charge on any atom is 0.309 e. The lowest BCUT2D eigenvalue weighted by Gasteiger charge is -2.42. The smallest absolute Gasteiger partial charge is 0.309 e. The summed E-state index contributed by atoms with van der Waals surface area (Å²) < 4.78 is 6.24. The van der Waals surface area contributed by atoms with Crippen molar-refractivity contribution in [2.45, 2.75) is 36.4 Å². The topological polar surface area (TPSA) is 26.3 Å². The third kappa shape index (κ3) is 2.77. The number of esters is 1. The van der Waals surface area contributed by atoms with Gasteiger partial charge in [-0.2, -0.15) is 0 Å². The van der Waals surface area contributed by atoms with E-state index in [0.29, 0.717) is 22.5 Å². The third-order valence-corrected chi connectivity index (χ3v) is 10.5. The third-order valence-electron chi connectivity index (χ3n) is 6.46. The summed E-state index contributed by atoms with van der Waals surface area (Å²) in [4.78, 5) is 12.8. The SMILES string of the molecule is O=C(OCc1cccc2ccccc12)C1CC2CCC(C1)C21SCCS1. The molecule has 1 saturated heterocycles. The molecule has 2 saturated carbocycles. The fourth-order valence-corrected chi connectivity index (χ4v) is 9.22.